The van der Waals surface area contributed by atoms with Crippen molar-refractivity contribution in [2.45, 2.75) is 58.4 Å². The monoisotopic (exact) mass is 200 g/mol. The van der Waals surface area contributed by atoms with Gasteiger partial charge in [-0.05, 0) is 32.7 Å². The van der Waals surface area contributed by atoms with Crippen molar-refractivity contribution in [2.24, 2.45) is 5.73 Å². The molecule has 0 fully saturated rings. The highest BCUT2D eigenvalue weighted by molar-refractivity contribution is 5.76. The summed E-state index contributed by atoms with van der Waals surface area (Å²) in [7, 11) is 0. The lowest BCUT2D eigenvalue weighted by atomic mass is 10.1. The molecule has 1 atom stereocenters. The van der Waals surface area contributed by atoms with Gasteiger partial charge >= 0.3 is 0 Å². The van der Waals surface area contributed by atoms with Crippen LogP contribution in [0.25, 0.3) is 0 Å². The van der Waals surface area contributed by atoms with E-state index in [0.29, 0.717) is 12.5 Å². The first-order valence-corrected chi connectivity index (χ1v) is 5.70. The van der Waals surface area contributed by atoms with Crippen LogP contribution < -0.4 is 11.1 Å². The van der Waals surface area contributed by atoms with Gasteiger partial charge in [0.25, 0.3) is 0 Å². The predicted octanol–water partition coefficient (Wildman–Crippen LogP) is 1.81. The molecule has 0 saturated heterocycles. The minimum absolute atomic E-state index is 0.183. The summed E-state index contributed by atoms with van der Waals surface area (Å²) in [5, 5.41) is 2.99. The van der Waals surface area contributed by atoms with Gasteiger partial charge in [-0.25, -0.2) is 0 Å². The molecule has 0 aliphatic carbocycles. The molecule has 0 rings (SSSR count). The van der Waals surface area contributed by atoms with Gasteiger partial charge in [0.15, 0.2) is 0 Å². The smallest absolute Gasteiger partial charge is 0.220 e. The van der Waals surface area contributed by atoms with E-state index in [1.807, 2.05) is 0 Å². The molecule has 0 aromatic carbocycles. The molecule has 3 N–H and O–H groups in total. The lowest BCUT2D eigenvalue weighted by Crippen LogP contribution is -2.32. The van der Waals surface area contributed by atoms with E-state index in [1.54, 1.807) is 0 Å². The molecule has 0 saturated carbocycles. The Kier molecular flexibility index (Phi) is 8.64. The molecule has 3 nitrogen and oxygen atoms in total. The van der Waals surface area contributed by atoms with Crippen molar-refractivity contribution in [1.82, 2.24) is 5.32 Å². The molecule has 1 amide bonds. The van der Waals surface area contributed by atoms with Crippen molar-refractivity contribution in [3.63, 3.8) is 0 Å². The molecular formula is C11H24N2O. The van der Waals surface area contributed by atoms with Crippen molar-refractivity contribution in [1.29, 1.82) is 0 Å². The predicted molar refractivity (Wildman–Crippen MR) is 60.0 cm³/mol. The van der Waals surface area contributed by atoms with Crippen molar-refractivity contribution in [2.75, 3.05) is 6.54 Å². The summed E-state index contributed by atoms with van der Waals surface area (Å²) in [6.45, 7) is 4.92. The van der Waals surface area contributed by atoms with E-state index in [4.69, 9.17) is 5.73 Å². The molecule has 0 aliphatic rings. The molecule has 84 valence electrons. The summed E-state index contributed by atoms with van der Waals surface area (Å²) >= 11 is 0. The van der Waals surface area contributed by atoms with E-state index >= 15 is 0 Å². The van der Waals surface area contributed by atoms with Gasteiger partial charge < -0.3 is 11.1 Å². The van der Waals surface area contributed by atoms with E-state index in [1.165, 1.54) is 0 Å². The van der Waals surface area contributed by atoms with Gasteiger partial charge in [0.05, 0.1) is 0 Å². The van der Waals surface area contributed by atoms with E-state index in [2.05, 4.69) is 19.2 Å². The van der Waals surface area contributed by atoms with Crippen molar-refractivity contribution in [3.8, 4) is 0 Å². The molecule has 3 heteroatoms. The third kappa shape index (κ3) is 8.05. The lowest BCUT2D eigenvalue weighted by molar-refractivity contribution is -0.121. The highest BCUT2D eigenvalue weighted by atomic mass is 16.1. The van der Waals surface area contributed by atoms with Crippen LogP contribution in [0, 0.1) is 0 Å². The van der Waals surface area contributed by atoms with Crippen LogP contribution in [0.15, 0.2) is 0 Å². The topological polar surface area (TPSA) is 55.1 Å². The van der Waals surface area contributed by atoms with Gasteiger partial charge in [-0.1, -0.05) is 19.8 Å². The summed E-state index contributed by atoms with van der Waals surface area (Å²) in [4.78, 5) is 11.3. The highest BCUT2D eigenvalue weighted by Gasteiger charge is 2.05. The van der Waals surface area contributed by atoms with Gasteiger partial charge in [0, 0.05) is 12.5 Å². The van der Waals surface area contributed by atoms with Crippen molar-refractivity contribution >= 4 is 5.91 Å². The molecule has 0 aromatic heterocycles. The SMILES string of the molecule is CCCC(C)NC(=O)CCCCCN. The van der Waals surface area contributed by atoms with Crippen LogP contribution in [0.4, 0.5) is 0 Å². The maximum atomic E-state index is 11.3. The maximum Gasteiger partial charge on any atom is 0.220 e. The van der Waals surface area contributed by atoms with Crippen LogP contribution >= 0.6 is 0 Å². The minimum atomic E-state index is 0.183. The Bertz CT molecular complexity index is 148. The fourth-order valence-corrected chi connectivity index (χ4v) is 1.46. The Morgan fingerprint density at radius 2 is 2.07 bits per heavy atom. The second-order valence-electron chi connectivity index (χ2n) is 3.86. The van der Waals surface area contributed by atoms with Crippen molar-refractivity contribution in [3.05, 3.63) is 0 Å². The van der Waals surface area contributed by atoms with Crippen LogP contribution in [-0.2, 0) is 4.79 Å². The van der Waals surface area contributed by atoms with E-state index in [-0.39, 0.29) is 5.91 Å². The van der Waals surface area contributed by atoms with E-state index in [0.717, 1.165) is 38.6 Å². The summed E-state index contributed by atoms with van der Waals surface area (Å²) in [5.41, 5.74) is 5.37. The number of unbranched alkanes of at least 4 members (excludes halogenated alkanes) is 2. The highest BCUT2D eigenvalue weighted by Crippen LogP contribution is 2.00. The van der Waals surface area contributed by atoms with E-state index in [9.17, 15) is 4.79 Å². The van der Waals surface area contributed by atoms with Gasteiger partial charge in [0.1, 0.15) is 0 Å². The maximum absolute atomic E-state index is 11.3. The molecule has 0 bridgehead atoms. The van der Waals surface area contributed by atoms with Gasteiger partial charge in [-0.3, -0.25) is 4.79 Å². The summed E-state index contributed by atoms with van der Waals surface area (Å²) in [6.07, 6.45) is 5.88. The second-order valence-corrected chi connectivity index (χ2v) is 3.86. The minimum Gasteiger partial charge on any atom is -0.354 e. The third-order valence-corrected chi connectivity index (χ3v) is 2.24. The summed E-state index contributed by atoms with van der Waals surface area (Å²) in [5.74, 6) is 0.183. The molecule has 0 spiro atoms. The molecule has 0 aliphatic heterocycles. The van der Waals surface area contributed by atoms with Crippen molar-refractivity contribution < 1.29 is 4.79 Å². The molecule has 0 radical (unpaired) electrons. The standard InChI is InChI=1S/C11H24N2O/c1-3-7-10(2)13-11(14)8-5-4-6-9-12/h10H,3-9,12H2,1-2H3,(H,13,14). The van der Waals surface area contributed by atoms with Crippen LogP contribution in [-0.4, -0.2) is 18.5 Å². The quantitative estimate of drug-likeness (QED) is 0.587. The van der Waals surface area contributed by atoms with E-state index < -0.39 is 0 Å². The van der Waals surface area contributed by atoms with Crippen LogP contribution in [0.1, 0.15) is 52.4 Å². The Hall–Kier alpha value is -0.570. The Morgan fingerprint density at radius 1 is 1.36 bits per heavy atom. The number of rotatable bonds is 8. The van der Waals surface area contributed by atoms with Crippen LogP contribution in [0.3, 0.4) is 0 Å². The molecule has 0 aromatic rings. The molecular weight excluding hydrogens is 176 g/mol. The van der Waals surface area contributed by atoms with Crippen LogP contribution in [0.2, 0.25) is 0 Å². The number of hydrogen-bond acceptors (Lipinski definition) is 2. The third-order valence-electron chi connectivity index (χ3n) is 2.24. The first-order chi connectivity index (χ1) is 6.70. The number of carbonyl (C=O) groups is 1. The summed E-state index contributed by atoms with van der Waals surface area (Å²) < 4.78 is 0. The van der Waals surface area contributed by atoms with Gasteiger partial charge in [-0.2, -0.15) is 0 Å². The average molecular weight is 200 g/mol. The number of hydrogen-bond donors (Lipinski definition) is 2. The number of amides is 1. The molecule has 0 heterocycles. The largest absolute Gasteiger partial charge is 0.354 e. The zero-order valence-corrected chi connectivity index (χ0v) is 9.51. The second kappa shape index (κ2) is 9.00. The molecule has 1 unspecified atom stereocenters. The lowest BCUT2D eigenvalue weighted by Gasteiger charge is -2.12. The number of nitrogens with one attached hydrogen (secondary N) is 1. The number of carbonyl (C=O) groups excluding carboxylic acids is 1. The van der Waals surface area contributed by atoms with Crippen LogP contribution in [0.5, 0.6) is 0 Å². The zero-order valence-electron chi connectivity index (χ0n) is 9.51. The first kappa shape index (κ1) is 13.4. The molecule has 14 heavy (non-hydrogen) atoms. The number of nitrogens with two attached hydrogens (primary N) is 1. The zero-order chi connectivity index (χ0) is 10.8. The fraction of sp³-hybridized carbons (Fsp3) is 0.909. The normalized spacial score (nSPS) is 12.5. The fourth-order valence-electron chi connectivity index (χ4n) is 1.46. The first-order valence-electron chi connectivity index (χ1n) is 5.70. The van der Waals surface area contributed by atoms with Gasteiger partial charge in [-0.15, -0.1) is 0 Å². The van der Waals surface area contributed by atoms with Gasteiger partial charge in [0.2, 0.25) is 5.91 Å². The Balaban J connectivity index is 3.35. The average Bonchev–Trinajstić information content (AvgIpc) is 2.13. The summed E-state index contributed by atoms with van der Waals surface area (Å²) in [6, 6.07) is 0.321. The Morgan fingerprint density at radius 3 is 2.64 bits per heavy atom. The Labute approximate surface area is 87.4 Å².